The minimum atomic E-state index is -1.26. The van der Waals surface area contributed by atoms with Crippen molar-refractivity contribution in [2.24, 2.45) is 0 Å². The van der Waals surface area contributed by atoms with Gasteiger partial charge in [0.05, 0.1) is 5.56 Å². The molecule has 2 aliphatic carbocycles. The summed E-state index contributed by atoms with van der Waals surface area (Å²) >= 11 is 13.0. The maximum Gasteiger partial charge on any atom is 0.338 e. The number of carboxylic acid groups (broad SMARTS) is 1. The molecular weight excluding hydrogens is 404 g/mol. The Morgan fingerprint density at radius 1 is 1.32 bits per heavy atom. The van der Waals surface area contributed by atoms with E-state index in [1.54, 1.807) is 0 Å². The molecule has 1 aromatic carbocycles. The number of benzene rings is 1. The first-order valence-electron chi connectivity index (χ1n) is 9.58. The lowest BCUT2D eigenvalue weighted by molar-refractivity contribution is 0.0605. The highest BCUT2D eigenvalue weighted by atomic mass is 35.5. The van der Waals surface area contributed by atoms with E-state index in [9.17, 15) is 14.3 Å². The van der Waals surface area contributed by atoms with E-state index in [-0.39, 0.29) is 17.6 Å². The van der Waals surface area contributed by atoms with E-state index < -0.39 is 16.8 Å². The third-order valence-corrected chi connectivity index (χ3v) is 6.32. The summed E-state index contributed by atoms with van der Waals surface area (Å²) in [6.07, 6.45) is 9.86. The number of likely N-dealkylation sites (tertiary alicyclic amines) is 1. The Bertz CT molecular complexity index is 852. The predicted octanol–water partition coefficient (Wildman–Crippen LogP) is 5.26. The van der Waals surface area contributed by atoms with Crippen LogP contribution < -0.4 is 4.74 Å². The van der Waals surface area contributed by atoms with E-state index in [2.05, 4.69) is 4.90 Å². The Morgan fingerprint density at radius 2 is 2.11 bits per heavy atom. The van der Waals surface area contributed by atoms with Crippen LogP contribution in [-0.4, -0.2) is 40.2 Å². The second kappa shape index (κ2) is 7.69. The van der Waals surface area contributed by atoms with Gasteiger partial charge in [-0.1, -0.05) is 29.3 Å². The molecule has 0 aromatic heterocycles. The van der Waals surface area contributed by atoms with Crippen molar-refractivity contribution in [2.75, 3.05) is 13.1 Å². The summed E-state index contributed by atoms with van der Waals surface area (Å²) in [6, 6.07) is 2.66. The highest BCUT2D eigenvalue weighted by Gasteiger charge is 2.38. The van der Waals surface area contributed by atoms with Crippen LogP contribution in [0.15, 0.2) is 35.4 Å². The van der Waals surface area contributed by atoms with E-state index in [0.29, 0.717) is 23.7 Å². The molecule has 1 aromatic rings. The molecule has 7 heteroatoms. The summed E-state index contributed by atoms with van der Waals surface area (Å²) in [5, 5.41) is 9.83. The number of ether oxygens (including phenoxy) is 1. The van der Waals surface area contributed by atoms with Crippen molar-refractivity contribution in [3.8, 4) is 5.75 Å². The van der Waals surface area contributed by atoms with Gasteiger partial charge in [0.15, 0.2) is 0 Å². The molecule has 0 radical (unpaired) electrons. The van der Waals surface area contributed by atoms with Crippen molar-refractivity contribution in [3.63, 3.8) is 0 Å². The number of aromatic carboxylic acids is 1. The van der Waals surface area contributed by atoms with Crippen LogP contribution in [0.4, 0.5) is 4.39 Å². The zero-order chi connectivity index (χ0) is 19.9. The van der Waals surface area contributed by atoms with Crippen molar-refractivity contribution in [1.82, 2.24) is 4.90 Å². The van der Waals surface area contributed by atoms with E-state index in [0.717, 1.165) is 37.8 Å². The van der Waals surface area contributed by atoms with E-state index in [4.69, 9.17) is 27.9 Å². The molecule has 1 saturated heterocycles. The number of halogens is 3. The van der Waals surface area contributed by atoms with Gasteiger partial charge < -0.3 is 9.84 Å². The van der Waals surface area contributed by atoms with Crippen LogP contribution in [0, 0.1) is 5.82 Å². The van der Waals surface area contributed by atoms with Gasteiger partial charge in [0.25, 0.3) is 0 Å². The lowest BCUT2D eigenvalue weighted by Gasteiger charge is -2.42. The van der Waals surface area contributed by atoms with Gasteiger partial charge in [-0.05, 0) is 55.4 Å². The lowest BCUT2D eigenvalue weighted by Crippen LogP contribution is -2.51. The van der Waals surface area contributed by atoms with Crippen LogP contribution in [0.2, 0.25) is 0 Å². The van der Waals surface area contributed by atoms with Gasteiger partial charge >= 0.3 is 5.97 Å². The van der Waals surface area contributed by atoms with Crippen molar-refractivity contribution in [2.45, 2.75) is 49.1 Å². The molecule has 3 aliphatic rings. The minimum absolute atomic E-state index is 0.143. The van der Waals surface area contributed by atoms with E-state index in [1.165, 1.54) is 12.1 Å². The minimum Gasteiger partial charge on any atom is -0.489 e. The van der Waals surface area contributed by atoms with Crippen LogP contribution in [0.3, 0.4) is 0 Å². The average molecular weight is 426 g/mol. The van der Waals surface area contributed by atoms with Crippen molar-refractivity contribution >= 4 is 29.2 Å². The average Bonchev–Trinajstić information content (AvgIpc) is 3.47. The molecule has 0 amide bonds. The first-order valence-corrected chi connectivity index (χ1v) is 10.3. The molecule has 0 bridgehead atoms. The first kappa shape index (κ1) is 19.7. The smallest absolute Gasteiger partial charge is 0.338 e. The Balaban J connectivity index is 1.54. The molecule has 150 valence electrons. The number of allylic oxidation sites excluding steroid dienone is 2. The quantitative estimate of drug-likeness (QED) is 0.516. The van der Waals surface area contributed by atoms with Gasteiger partial charge in [0.2, 0.25) is 0 Å². The van der Waals surface area contributed by atoms with Gasteiger partial charge in [-0.15, -0.1) is 0 Å². The number of rotatable bonds is 5. The lowest BCUT2D eigenvalue weighted by atomic mass is 10.00. The number of carbonyl (C=O) groups is 1. The van der Waals surface area contributed by atoms with Crippen LogP contribution in [0.1, 0.15) is 53.9 Å². The first-order chi connectivity index (χ1) is 13.4. The Hall–Kier alpha value is -1.56. The third kappa shape index (κ3) is 4.07. The van der Waals surface area contributed by atoms with Crippen LogP contribution in [0.5, 0.6) is 5.75 Å². The molecule has 2 unspecified atom stereocenters. The third-order valence-electron chi connectivity index (χ3n) is 5.58. The topological polar surface area (TPSA) is 49.8 Å². The molecule has 28 heavy (non-hydrogen) atoms. The van der Waals surface area contributed by atoms with Gasteiger partial charge in [0, 0.05) is 30.6 Å². The largest absolute Gasteiger partial charge is 0.489 e. The highest BCUT2D eigenvalue weighted by molar-refractivity contribution is 6.33. The number of nitrogens with zero attached hydrogens (tertiary/aromatic N) is 1. The van der Waals surface area contributed by atoms with E-state index in [1.807, 2.05) is 18.2 Å². The molecule has 2 atom stereocenters. The van der Waals surface area contributed by atoms with Crippen LogP contribution in [-0.2, 0) is 0 Å². The fourth-order valence-electron chi connectivity index (χ4n) is 3.98. The standard InChI is InChI=1S/C21H22Cl2FNO3/c22-14-3-1-7-21(23,11-14)25-8-2-4-15(12-25)28-19-10-18(24)17(20(26)27)9-16(19)13-5-6-13/h1,3,9-11,13,15H,2,4-8,12H2,(H,26,27). The Morgan fingerprint density at radius 3 is 2.79 bits per heavy atom. The molecule has 1 saturated carbocycles. The van der Waals surface area contributed by atoms with Gasteiger partial charge in [-0.2, -0.15) is 0 Å². The number of hydrogen-bond donors (Lipinski definition) is 1. The Labute approximate surface area is 173 Å². The van der Waals surface area contributed by atoms with Gasteiger partial charge in [0.1, 0.15) is 22.7 Å². The molecule has 1 heterocycles. The van der Waals surface area contributed by atoms with Gasteiger partial charge in [-0.25, -0.2) is 9.18 Å². The summed E-state index contributed by atoms with van der Waals surface area (Å²) in [4.78, 5) is 12.7. The second-order valence-electron chi connectivity index (χ2n) is 7.73. The number of piperidine rings is 1. The predicted molar refractivity (Wildman–Crippen MR) is 107 cm³/mol. The molecule has 0 spiro atoms. The number of alkyl halides is 1. The SMILES string of the molecule is O=C(O)c1cc(C2CC2)c(OC2CCCN(C3(Cl)C=C(Cl)C=CC3)C2)cc1F. The molecule has 4 nitrogen and oxygen atoms in total. The zero-order valence-electron chi connectivity index (χ0n) is 15.3. The summed E-state index contributed by atoms with van der Waals surface area (Å²) < 4.78 is 20.5. The molecule has 4 rings (SSSR count). The summed E-state index contributed by atoms with van der Waals surface area (Å²) in [5.74, 6) is -1.32. The van der Waals surface area contributed by atoms with Crippen molar-refractivity contribution < 1.29 is 19.0 Å². The van der Waals surface area contributed by atoms with Crippen LogP contribution in [0.25, 0.3) is 0 Å². The number of hydrogen-bond acceptors (Lipinski definition) is 3. The molecule has 1 aliphatic heterocycles. The van der Waals surface area contributed by atoms with Crippen LogP contribution >= 0.6 is 23.2 Å². The maximum atomic E-state index is 14.3. The normalized spacial score (nSPS) is 28.1. The summed E-state index contributed by atoms with van der Waals surface area (Å²) in [7, 11) is 0. The zero-order valence-corrected chi connectivity index (χ0v) is 16.8. The maximum absolute atomic E-state index is 14.3. The number of carboxylic acids is 1. The summed E-state index contributed by atoms with van der Waals surface area (Å²) in [6.45, 7) is 1.43. The summed E-state index contributed by atoms with van der Waals surface area (Å²) in [5.41, 5.74) is 0.494. The van der Waals surface area contributed by atoms with E-state index >= 15 is 0 Å². The monoisotopic (exact) mass is 425 g/mol. The molecule has 2 fully saturated rings. The fourth-order valence-corrected chi connectivity index (χ4v) is 4.66. The van der Waals surface area contributed by atoms with Crippen molar-refractivity contribution in [1.29, 1.82) is 0 Å². The van der Waals surface area contributed by atoms with Crippen molar-refractivity contribution in [3.05, 3.63) is 52.3 Å². The Kier molecular flexibility index (Phi) is 5.43. The highest BCUT2D eigenvalue weighted by Crippen LogP contribution is 2.46. The molecular formula is C21H22Cl2FNO3. The fraction of sp³-hybridized carbons (Fsp3) is 0.476. The van der Waals surface area contributed by atoms with Gasteiger partial charge in [-0.3, -0.25) is 4.90 Å². The second-order valence-corrected chi connectivity index (χ2v) is 8.82. The molecule has 1 N–H and O–H groups in total.